The van der Waals surface area contributed by atoms with Gasteiger partial charge in [0.25, 0.3) is 0 Å². The summed E-state index contributed by atoms with van der Waals surface area (Å²) in [5.74, 6) is 0. The highest BCUT2D eigenvalue weighted by Crippen LogP contribution is 2.18. The lowest BCUT2D eigenvalue weighted by atomic mass is 10.0. The molecule has 0 aromatic heterocycles. The zero-order valence-electron chi connectivity index (χ0n) is 10.7. The molecule has 0 saturated carbocycles. The van der Waals surface area contributed by atoms with Crippen LogP contribution in [-0.2, 0) is 6.42 Å². The van der Waals surface area contributed by atoms with Crippen LogP contribution in [0.1, 0.15) is 44.7 Å². The van der Waals surface area contributed by atoms with E-state index in [2.05, 4.69) is 63.3 Å². The lowest BCUT2D eigenvalue weighted by Gasteiger charge is -2.04. The first-order chi connectivity index (χ1) is 7.81. The molecule has 0 aliphatic heterocycles. The molecule has 0 amide bonds. The largest absolute Gasteiger partial charge is 0.0871 e. The lowest BCUT2D eigenvalue weighted by molar-refractivity contribution is 0.922. The molecule has 86 valence electrons. The molecule has 0 bridgehead atoms. The SMILES string of the molecule is C/C=C\C(=C/CC)c1ccc(CCC)cc1. The average molecular weight is 214 g/mol. The van der Waals surface area contributed by atoms with Crippen molar-refractivity contribution >= 4 is 5.57 Å². The van der Waals surface area contributed by atoms with Crippen LogP contribution in [0.4, 0.5) is 0 Å². The molecule has 0 fully saturated rings. The molecule has 0 aliphatic rings. The Morgan fingerprint density at radius 1 is 1.12 bits per heavy atom. The van der Waals surface area contributed by atoms with Gasteiger partial charge in [-0.2, -0.15) is 0 Å². The summed E-state index contributed by atoms with van der Waals surface area (Å²) in [7, 11) is 0. The Balaban J connectivity index is 2.90. The fourth-order valence-electron chi connectivity index (χ4n) is 1.83. The van der Waals surface area contributed by atoms with E-state index < -0.39 is 0 Å². The first-order valence-corrected chi connectivity index (χ1v) is 6.24. The third kappa shape index (κ3) is 3.69. The van der Waals surface area contributed by atoms with Crippen LogP contribution < -0.4 is 0 Å². The van der Waals surface area contributed by atoms with Crippen LogP contribution in [-0.4, -0.2) is 0 Å². The highest BCUT2D eigenvalue weighted by atomic mass is 14.0. The van der Waals surface area contributed by atoms with Crippen LogP contribution in [0.5, 0.6) is 0 Å². The zero-order chi connectivity index (χ0) is 11.8. The van der Waals surface area contributed by atoms with Gasteiger partial charge >= 0.3 is 0 Å². The van der Waals surface area contributed by atoms with Crippen molar-refractivity contribution in [1.82, 2.24) is 0 Å². The molecule has 0 heterocycles. The van der Waals surface area contributed by atoms with E-state index in [1.54, 1.807) is 0 Å². The van der Waals surface area contributed by atoms with Crippen molar-refractivity contribution in [3.63, 3.8) is 0 Å². The number of aryl methyl sites for hydroxylation is 1. The number of rotatable bonds is 5. The Kier molecular flexibility index (Phi) is 5.63. The lowest BCUT2D eigenvalue weighted by Crippen LogP contribution is -1.85. The monoisotopic (exact) mass is 214 g/mol. The van der Waals surface area contributed by atoms with E-state index in [0.29, 0.717) is 0 Å². The molecule has 0 nitrogen and oxygen atoms in total. The van der Waals surface area contributed by atoms with E-state index in [1.165, 1.54) is 29.5 Å². The van der Waals surface area contributed by atoms with Crippen LogP contribution in [0.25, 0.3) is 5.57 Å². The number of benzene rings is 1. The third-order valence-electron chi connectivity index (χ3n) is 2.60. The zero-order valence-corrected chi connectivity index (χ0v) is 10.7. The molecule has 16 heavy (non-hydrogen) atoms. The molecule has 0 radical (unpaired) electrons. The van der Waals surface area contributed by atoms with Gasteiger partial charge in [-0.3, -0.25) is 0 Å². The number of hydrogen-bond donors (Lipinski definition) is 0. The normalized spacial score (nSPS) is 12.3. The van der Waals surface area contributed by atoms with Crippen molar-refractivity contribution in [3.8, 4) is 0 Å². The Bertz CT molecular complexity index is 352. The predicted molar refractivity (Wildman–Crippen MR) is 73.5 cm³/mol. The smallest absolute Gasteiger partial charge is 0.0187 e. The Morgan fingerprint density at radius 3 is 2.31 bits per heavy atom. The second-order valence-corrected chi connectivity index (χ2v) is 4.01. The van der Waals surface area contributed by atoms with Gasteiger partial charge in [0, 0.05) is 0 Å². The van der Waals surface area contributed by atoms with Crippen molar-refractivity contribution in [2.24, 2.45) is 0 Å². The Labute approximate surface area is 99.7 Å². The van der Waals surface area contributed by atoms with Crippen molar-refractivity contribution in [2.45, 2.75) is 40.0 Å². The van der Waals surface area contributed by atoms with Gasteiger partial charge in [0.15, 0.2) is 0 Å². The van der Waals surface area contributed by atoms with Crippen LogP contribution in [0.15, 0.2) is 42.5 Å². The molecule has 1 rings (SSSR count). The second-order valence-electron chi connectivity index (χ2n) is 4.01. The van der Waals surface area contributed by atoms with Gasteiger partial charge in [-0.1, -0.05) is 62.8 Å². The van der Waals surface area contributed by atoms with Gasteiger partial charge in [0.05, 0.1) is 0 Å². The van der Waals surface area contributed by atoms with Gasteiger partial charge in [-0.05, 0) is 36.5 Å². The van der Waals surface area contributed by atoms with Gasteiger partial charge in [0.2, 0.25) is 0 Å². The summed E-state index contributed by atoms with van der Waals surface area (Å²) in [6.07, 6.45) is 10.0. The Morgan fingerprint density at radius 2 is 1.81 bits per heavy atom. The average Bonchev–Trinajstić information content (AvgIpc) is 2.30. The summed E-state index contributed by atoms with van der Waals surface area (Å²) in [6.45, 7) is 6.46. The summed E-state index contributed by atoms with van der Waals surface area (Å²) in [4.78, 5) is 0. The van der Waals surface area contributed by atoms with Crippen molar-refractivity contribution in [3.05, 3.63) is 53.6 Å². The van der Waals surface area contributed by atoms with Crippen LogP contribution in [0, 0.1) is 0 Å². The van der Waals surface area contributed by atoms with Crippen molar-refractivity contribution in [2.75, 3.05) is 0 Å². The van der Waals surface area contributed by atoms with E-state index in [1.807, 2.05) is 0 Å². The number of allylic oxidation sites excluding steroid dienone is 4. The topological polar surface area (TPSA) is 0 Å². The first-order valence-electron chi connectivity index (χ1n) is 6.24. The summed E-state index contributed by atoms with van der Waals surface area (Å²) < 4.78 is 0. The summed E-state index contributed by atoms with van der Waals surface area (Å²) in [5.41, 5.74) is 4.08. The minimum Gasteiger partial charge on any atom is -0.0871 e. The van der Waals surface area contributed by atoms with Crippen molar-refractivity contribution < 1.29 is 0 Å². The minimum absolute atomic E-state index is 1.08. The van der Waals surface area contributed by atoms with E-state index >= 15 is 0 Å². The highest BCUT2D eigenvalue weighted by molar-refractivity contribution is 5.73. The van der Waals surface area contributed by atoms with E-state index in [9.17, 15) is 0 Å². The maximum absolute atomic E-state index is 2.27. The minimum atomic E-state index is 1.08. The maximum Gasteiger partial charge on any atom is -0.0187 e. The third-order valence-corrected chi connectivity index (χ3v) is 2.60. The predicted octanol–water partition coefficient (Wildman–Crippen LogP) is 5.01. The fraction of sp³-hybridized carbons (Fsp3) is 0.375. The molecule has 0 spiro atoms. The summed E-state index contributed by atoms with van der Waals surface area (Å²) in [6, 6.07) is 8.94. The fourth-order valence-corrected chi connectivity index (χ4v) is 1.83. The molecule has 1 aromatic rings. The first kappa shape index (κ1) is 12.8. The molecule has 0 saturated heterocycles. The standard InChI is InChI=1S/C16H22/c1-4-7-14-10-12-16(13-11-14)15(8-5-2)9-6-3/h5,8-13H,4,6-7H2,1-3H3/b8-5-,15-9+. The molecule has 0 atom stereocenters. The van der Waals surface area contributed by atoms with Gasteiger partial charge in [-0.25, -0.2) is 0 Å². The molecule has 1 aromatic carbocycles. The second kappa shape index (κ2) is 7.05. The quantitative estimate of drug-likeness (QED) is 0.604. The van der Waals surface area contributed by atoms with Crippen LogP contribution in [0.2, 0.25) is 0 Å². The van der Waals surface area contributed by atoms with E-state index in [0.717, 1.165) is 6.42 Å². The highest BCUT2D eigenvalue weighted by Gasteiger charge is 1.97. The molecule has 0 unspecified atom stereocenters. The molecule has 0 heteroatoms. The molecule has 0 aliphatic carbocycles. The van der Waals surface area contributed by atoms with Gasteiger partial charge in [-0.15, -0.1) is 0 Å². The number of hydrogen-bond acceptors (Lipinski definition) is 0. The van der Waals surface area contributed by atoms with Crippen LogP contribution in [0.3, 0.4) is 0 Å². The van der Waals surface area contributed by atoms with Crippen LogP contribution >= 0.6 is 0 Å². The molecular weight excluding hydrogens is 192 g/mol. The summed E-state index contributed by atoms with van der Waals surface area (Å²) >= 11 is 0. The summed E-state index contributed by atoms with van der Waals surface area (Å²) in [5, 5.41) is 0. The molecular formula is C16H22. The van der Waals surface area contributed by atoms with E-state index in [4.69, 9.17) is 0 Å². The Hall–Kier alpha value is -1.30. The molecule has 0 N–H and O–H groups in total. The van der Waals surface area contributed by atoms with Crippen molar-refractivity contribution in [1.29, 1.82) is 0 Å². The van der Waals surface area contributed by atoms with Gasteiger partial charge in [0.1, 0.15) is 0 Å². The van der Waals surface area contributed by atoms with E-state index in [-0.39, 0.29) is 0 Å². The van der Waals surface area contributed by atoms with Gasteiger partial charge < -0.3 is 0 Å². The maximum atomic E-state index is 2.27.